The summed E-state index contributed by atoms with van der Waals surface area (Å²) >= 11 is 3.38. The average Bonchev–Trinajstić information content (AvgIpc) is 2.25. The maximum Gasteiger partial charge on any atom is 0.255 e. The lowest BCUT2D eigenvalue weighted by Crippen LogP contribution is -2.40. The molecule has 1 rings (SSSR count). The van der Waals surface area contributed by atoms with Gasteiger partial charge in [0, 0.05) is 10.9 Å². The summed E-state index contributed by atoms with van der Waals surface area (Å²) in [5.74, 6) is 0.485. The van der Waals surface area contributed by atoms with Crippen LogP contribution in [0.4, 0.5) is 0 Å². The van der Waals surface area contributed by atoms with E-state index >= 15 is 0 Å². The number of nitrogens with one attached hydrogen (secondary N) is 1. The maximum atomic E-state index is 12.0. The predicted molar refractivity (Wildman–Crippen MR) is 72.8 cm³/mol. The zero-order chi connectivity index (χ0) is 13.1. The first-order chi connectivity index (χ1) is 7.87. The molecular formula is C13H18BrNO2. The first-order valence-electron chi connectivity index (χ1n) is 5.43. The Morgan fingerprint density at radius 1 is 1.41 bits per heavy atom. The number of alkyl halides is 1. The van der Waals surface area contributed by atoms with Gasteiger partial charge in [0.05, 0.1) is 12.7 Å². The fraction of sp³-hybridized carbons (Fsp3) is 0.462. The van der Waals surface area contributed by atoms with Gasteiger partial charge in [0.2, 0.25) is 0 Å². The van der Waals surface area contributed by atoms with Gasteiger partial charge < -0.3 is 10.1 Å². The number of carbonyl (C=O) groups excluding carboxylic acids is 1. The van der Waals surface area contributed by atoms with Crippen LogP contribution in [-0.2, 0) is 5.33 Å². The highest BCUT2D eigenvalue weighted by molar-refractivity contribution is 9.08. The Hall–Kier alpha value is -1.03. The van der Waals surface area contributed by atoms with Crippen molar-refractivity contribution >= 4 is 21.8 Å². The van der Waals surface area contributed by atoms with E-state index < -0.39 is 0 Å². The third-order valence-electron chi connectivity index (χ3n) is 2.15. The van der Waals surface area contributed by atoms with Crippen LogP contribution in [0.15, 0.2) is 18.2 Å². The first-order valence-corrected chi connectivity index (χ1v) is 6.55. The number of methoxy groups -OCH3 is 1. The summed E-state index contributed by atoms with van der Waals surface area (Å²) in [6.07, 6.45) is 0. The molecule has 94 valence electrons. The molecule has 1 aromatic rings. The summed E-state index contributed by atoms with van der Waals surface area (Å²) in [5, 5.41) is 3.66. The van der Waals surface area contributed by atoms with E-state index in [1.54, 1.807) is 13.2 Å². The smallest absolute Gasteiger partial charge is 0.255 e. The second kappa shape index (κ2) is 5.54. The summed E-state index contributed by atoms with van der Waals surface area (Å²) in [4.78, 5) is 12.0. The van der Waals surface area contributed by atoms with E-state index in [2.05, 4.69) is 21.2 Å². The van der Waals surface area contributed by atoms with E-state index in [4.69, 9.17) is 4.74 Å². The van der Waals surface area contributed by atoms with E-state index in [0.717, 1.165) is 10.9 Å². The average molecular weight is 300 g/mol. The van der Waals surface area contributed by atoms with Crippen LogP contribution < -0.4 is 10.1 Å². The Kier molecular flexibility index (Phi) is 4.57. The van der Waals surface area contributed by atoms with Crippen LogP contribution in [0.3, 0.4) is 0 Å². The number of hydrogen-bond acceptors (Lipinski definition) is 2. The number of hydrogen-bond donors (Lipinski definition) is 1. The molecule has 0 aliphatic heterocycles. The van der Waals surface area contributed by atoms with E-state index in [0.29, 0.717) is 11.3 Å². The Morgan fingerprint density at radius 2 is 2.06 bits per heavy atom. The van der Waals surface area contributed by atoms with Crippen LogP contribution in [0.5, 0.6) is 5.75 Å². The van der Waals surface area contributed by atoms with Crippen LogP contribution in [0, 0.1) is 0 Å². The van der Waals surface area contributed by atoms with E-state index in [1.807, 2.05) is 32.9 Å². The molecule has 1 aromatic carbocycles. The van der Waals surface area contributed by atoms with Gasteiger partial charge in [0.15, 0.2) is 0 Å². The van der Waals surface area contributed by atoms with Crippen LogP contribution in [0.1, 0.15) is 36.7 Å². The van der Waals surface area contributed by atoms with Crippen molar-refractivity contribution in [3.8, 4) is 5.75 Å². The summed E-state index contributed by atoms with van der Waals surface area (Å²) < 4.78 is 5.24. The zero-order valence-corrected chi connectivity index (χ0v) is 12.2. The SMILES string of the molecule is COc1cc(CBr)ccc1C(=O)NC(C)(C)C. The Balaban J connectivity index is 3.01. The van der Waals surface area contributed by atoms with Gasteiger partial charge in [-0.2, -0.15) is 0 Å². The third kappa shape index (κ3) is 4.04. The maximum absolute atomic E-state index is 12.0. The van der Waals surface area contributed by atoms with E-state index in [-0.39, 0.29) is 11.4 Å². The summed E-state index contributed by atoms with van der Waals surface area (Å²) in [7, 11) is 1.57. The molecule has 3 nitrogen and oxygen atoms in total. The number of ether oxygens (including phenoxy) is 1. The van der Waals surface area contributed by atoms with Crippen molar-refractivity contribution in [2.75, 3.05) is 7.11 Å². The third-order valence-corrected chi connectivity index (χ3v) is 2.80. The number of benzene rings is 1. The van der Waals surface area contributed by atoms with Gasteiger partial charge in [-0.3, -0.25) is 4.79 Å². The minimum atomic E-state index is -0.254. The highest BCUT2D eigenvalue weighted by Crippen LogP contribution is 2.22. The molecule has 0 radical (unpaired) electrons. The fourth-order valence-electron chi connectivity index (χ4n) is 1.41. The molecule has 0 heterocycles. The highest BCUT2D eigenvalue weighted by Gasteiger charge is 2.18. The number of halogens is 1. The molecule has 1 amide bonds. The molecule has 4 heteroatoms. The van der Waals surface area contributed by atoms with Gasteiger partial charge in [0.1, 0.15) is 5.75 Å². The molecule has 0 spiro atoms. The van der Waals surface area contributed by atoms with Crippen LogP contribution in [0.25, 0.3) is 0 Å². The molecule has 0 unspecified atom stereocenters. The second-order valence-corrected chi connectivity index (χ2v) is 5.43. The molecule has 0 atom stereocenters. The molecule has 0 saturated carbocycles. The molecule has 0 aliphatic rings. The van der Waals surface area contributed by atoms with Crippen molar-refractivity contribution in [2.45, 2.75) is 31.6 Å². The highest BCUT2D eigenvalue weighted by atomic mass is 79.9. The molecule has 0 bridgehead atoms. The summed E-state index contributed by atoms with van der Waals surface area (Å²) in [6.45, 7) is 5.85. The second-order valence-electron chi connectivity index (χ2n) is 4.87. The van der Waals surface area contributed by atoms with Gasteiger partial charge >= 0.3 is 0 Å². The molecule has 0 aliphatic carbocycles. The number of rotatable bonds is 3. The van der Waals surface area contributed by atoms with Crippen LogP contribution in [-0.4, -0.2) is 18.6 Å². The van der Waals surface area contributed by atoms with Gasteiger partial charge in [-0.1, -0.05) is 22.0 Å². The Morgan fingerprint density at radius 3 is 2.53 bits per heavy atom. The van der Waals surface area contributed by atoms with Crippen molar-refractivity contribution in [2.24, 2.45) is 0 Å². The molecule has 0 saturated heterocycles. The minimum Gasteiger partial charge on any atom is -0.496 e. The lowest BCUT2D eigenvalue weighted by Gasteiger charge is -2.21. The van der Waals surface area contributed by atoms with E-state index in [9.17, 15) is 4.79 Å². The predicted octanol–water partition coefficient (Wildman–Crippen LogP) is 3.12. The lowest BCUT2D eigenvalue weighted by molar-refractivity contribution is 0.0916. The molecule has 0 aromatic heterocycles. The Bertz CT molecular complexity index is 410. The van der Waals surface area contributed by atoms with E-state index in [1.165, 1.54) is 0 Å². The van der Waals surface area contributed by atoms with Crippen molar-refractivity contribution in [3.63, 3.8) is 0 Å². The quantitative estimate of drug-likeness (QED) is 0.871. The first kappa shape index (κ1) is 14.0. The van der Waals surface area contributed by atoms with Crippen LogP contribution >= 0.6 is 15.9 Å². The molecular weight excluding hydrogens is 282 g/mol. The zero-order valence-electron chi connectivity index (χ0n) is 10.6. The van der Waals surface area contributed by atoms with Crippen molar-refractivity contribution in [3.05, 3.63) is 29.3 Å². The summed E-state index contributed by atoms with van der Waals surface area (Å²) in [6, 6.07) is 5.57. The normalized spacial score (nSPS) is 11.1. The topological polar surface area (TPSA) is 38.3 Å². The molecule has 0 fully saturated rings. The van der Waals surface area contributed by atoms with Gasteiger partial charge in [-0.25, -0.2) is 0 Å². The summed E-state index contributed by atoms with van der Waals surface area (Å²) in [5.41, 5.74) is 1.39. The minimum absolute atomic E-state index is 0.115. The van der Waals surface area contributed by atoms with Crippen molar-refractivity contribution < 1.29 is 9.53 Å². The largest absolute Gasteiger partial charge is 0.496 e. The van der Waals surface area contributed by atoms with Crippen molar-refractivity contribution in [1.82, 2.24) is 5.32 Å². The van der Waals surface area contributed by atoms with Crippen LogP contribution in [0.2, 0.25) is 0 Å². The number of amides is 1. The Labute approximate surface area is 111 Å². The lowest BCUT2D eigenvalue weighted by atomic mass is 10.1. The monoisotopic (exact) mass is 299 g/mol. The van der Waals surface area contributed by atoms with Gasteiger partial charge in [-0.05, 0) is 38.5 Å². The van der Waals surface area contributed by atoms with Gasteiger partial charge in [0.25, 0.3) is 5.91 Å². The molecule has 17 heavy (non-hydrogen) atoms. The number of carbonyl (C=O) groups is 1. The van der Waals surface area contributed by atoms with Crippen molar-refractivity contribution in [1.29, 1.82) is 0 Å². The standard InChI is InChI=1S/C13H18BrNO2/c1-13(2,3)15-12(16)10-6-5-9(8-14)7-11(10)17-4/h5-7H,8H2,1-4H3,(H,15,16). The molecule has 1 N–H and O–H groups in total. The fourth-order valence-corrected chi connectivity index (χ4v) is 1.76. The van der Waals surface area contributed by atoms with Gasteiger partial charge in [-0.15, -0.1) is 0 Å².